The predicted molar refractivity (Wildman–Crippen MR) is 112 cm³/mol. The van der Waals surface area contributed by atoms with Crippen LogP contribution in [0.1, 0.15) is 36.9 Å². The van der Waals surface area contributed by atoms with Gasteiger partial charge in [-0.1, -0.05) is 0 Å². The van der Waals surface area contributed by atoms with Gasteiger partial charge in [-0.3, -0.25) is 0 Å². The molecule has 29 heavy (non-hydrogen) atoms. The van der Waals surface area contributed by atoms with Crippen LogP contribution in [0.25, 0.3) is 0 Å². The van der Waals surface area contributed by atoms with Gasteiger partial charge in [0.25, 0.3) is 0 Å². The molecular formula is C20H26FN7S. The third kappa shape index (κ3) is 4.49. The second-order valence-corrected chi connectivity index (χ2v) is 9.09. The summed E-state index contributed by atoms with van der Waals surface area (Å²) < 4.78 is 17.7. The van der Waals surface area contributed by atoms with E-state index in [4.69, 9.17) is 4.98 Å². The Bertz CT molecular complexity index is 902. The minimum Gasteiger partial charge on any atom is -0.352 e. The standard InChI is InChI=1S/C20H26FN7S/c1-13-9-23-19(25-17-7-14(2)27-29-17)26-18(13)28-11-20(12-28,5-6-22)24-10-15-3-4-16(21)8-15/h7,9,15-16,24H,3-5,8,10-12H2,1-2H3,(H,23,25,26)/t15-,16-/m1/s1. The fraction of sp³-hybridized carbons (Fsp3) is 0.600. The van der Waals surface area contributed by atoms with E-state index in [1.807, 2.05) is 26.1 Å². The summed E-state index contributed by atoms with van der Waals surface area (Å²) in [6.45, 7) is 6.14. The lowest BCUT2D eigenvalue weighted by Gasteiger charge is -2.51. The van der Waals surface area contributed by atoms with Gasteiger partial charge in [-0.2, -0.15) is 14.6 Å². The van der Waals surface area contributed by atoms with Crippen molar-refractivity contribution < 1.29 is 4.39 Å². The van der Waals surface area contributed by atoms with Crippen molar-refractivity contribution in [3.63, 3.8) is 0 Å². The molecule has 154 valence electrons. The summed E-state index contributed by atoms with van der Waals surface area (Å²) >= 11 is 1.38. The van der Waals surface area contributed by atoms with E-state index >= 15 is 0 Å². The highest BCUT2D eigenvalue weighted by Crippen LogP contribution is 2.33. The van der Waals surface area contributed by atoms with Crippen molar-refractivity contribution in [2.24, 2.45) is 5.92 Å². The molecule has 3 heterocycles. The Morgan fingerprint density at radius 3 is 2.86 bits per heavy atom. The molecule has 0 aromatic carbocycles. The van der Waals surface area contributed by atoms with E-state index < -0.39 is 6.17 Å². The van der Waals surface area contributed by atoms with Crippen LogP contribution in [0.4, 0.5) is 21.2 Å². The summed E-state index contributed by atoms with van der Waals surface area (Å²) in [4.78, 5) is 11.3. The number of nitrogens with one attached hydrogen (secondary N) is 2. The highest BCUT2D eigenvalue weighted by atomic mass is 32.1. The molecule has 2 aromatic rings. The first kappa shape index (κ1) is 20.0. The molecule has 0 unspecified atom stereocenters. The highest BCUT2D eigenvalue weighted by molar-refractivity contribution is 7.10. The Labute approximate surface area is 174 Å². The molecule has 0 bridgehead atoms. The second-order valence-electron chi connectivity index (χ2n) is 8.29. The van der Waals surface area contributed by atoms with Crippen LogP contribution in [0.5, 0.6) is 0 Å². The minimum absolute atomic E-state index is 0.247. The number of aromatic nitrogens is 3. The maximum atomic E-state index is 13.4. The quantitative estimate of drug-likeness (QED) is 0.715. The van der Waals surface area contributed by atoms with E-state index in [9.17, 15) is 9.65 Å². The number of hydrogen-bond donors (Lipinski definition) is 2. The van der Waals surface area contributed by atoms with Crippen LogP contribution in [0.3, 0.4) is 0 Å². The lowest BCUT2D eigenvalue weighted by Crippen LogP contribution is -2.70. The largest absolute Gasteiger partial charge is 0.352 e. The van der Waals surface area contributed by atoms with Crippen LogP contribution >= 0.6 is 11.5 Å². The molecule has 1 saturated heterocycles. The van der Waals surface area contributed by atoms with Crippen LogP contribution in [0, 0.1) is 31.1 Å². The third-order valence-corrected chi connectivity index (χ3v) is 6.55. The summed E-state index contributed by atoms with van der Waals surface area (Å²) in [5, 5.41) is 17.0. The molecule has 0 spiro atoms. The summed E-state index contributed by atoms with van der Waals surface area (Å²) in [5.41, 5.74) is 1.71. The van der Waals surface area contributed by atoms with Gasteiger partial charge in [-0.25, -0.2) is 9.37 Å². The van der Waals surface area contributed by atoms with Crippen molar-refractivity contribution in [1.29, 1.82) is 5.26 Å². The third-order valence-electron chi connectivity index (χ3n) is 5.75. The van der Waals surface area contributed by atoms with Crippen molar-refractivity contribution in [3.05, 3.63) is 23.5 Å². The normalized spacial score (nSPS) is 22.9. The summed E-state index contributed by atoms with van der Waals surface area (Å²) in [7, 11) is 0. The van der Waals surface area contributed by atoms with Crippen molar-refractivity contribution in [3.8, 4) is 6.07 Å². The van der Waals surface area contributed by atoms with Gasteiger partial charge in [-0.05, 0) is 63.2 Å². The molecule has 1 aliphatic heterocycles. The van der Waals surface area contributed by atoms with Gasteiger partial charge in [0, 0.05) is 24.8 Å². The number of halogens is 1. The van der Waals surface area contributed by atoms with E-state index in [1.54, 1.807) is 0 Å². The zero-order chi connectivity index (χ0) is 20.4. The van der Waals surface area contributed by atoms with Crippen molar-refractivity contribution in [2.75, 3.05) is 29.9 Å². The van der Waals surface area contributed by atoms with Gasteiger partial charge in [0.2, 0.25) is 5.95 Å². The van der Waals surface area contributed by atoms with Gasteiger partial charge in [0.1, 0.15) is 17.0 Å². The second kappa shape index (κ2) is 8.20. The van der Waals surface area contributed by atoms with Crippen LogP contribution in [-0.2, 0) is 0 Å². The molecule has 4 rings (SSSR count). The molecule has 2 atom stereocenters. The van der Waals surface area contributed by atoms with E-state index in [-0.39, 0.29) is 5.54 Å². The lowest BCUT2D eigenvalue weighted by atomic mass is 9.85. The number of aryl methyl sites for hydroxylation is 2. The predicted octanol–water partition coefficient (Wildman–Crippen LogP) is 3.49. The molecule has 1 saturated carbocycles. The summed E-state index contributed by atoms with van der Waals surface area (Å²) in [6, 6.07) is 4.28. The van der Waals surface area contributed by atoms with Crippen LogP contribution in [-0.4, -0.2) is 45.7 Å². The number of alkyl halides is 1. The minimum atomic E-state index is -0.663. The van der Waals surface area contributed by atoms with E-state index in [1.165, 1.54) is 11.5 Å². The monoisotopic (exact) mass is 415 g/mol. The first-order valence-electron chi connectivity index (χ1n) is 10.0. The van der Waals surface area contributed by atoms with Gasteiger partial charge in [0.05, 0.1) is 23.7 Å². The molecular weight excluding hydrogens is 389 g/mol. The summed E-state index contributed by atoms with van der Waals surface area (Å²) in [6.07, 6.45) is 3.82. The SMILES string of the molecule is Cc1cc(Nc2ncc(C)c(N3CC(CC#N)(NC[C@@H]4CC[C@@H](F)C4)C3)n2)sn1. The number of hydrogen-bond acceptors (Lipinski definition) is 8. The summed E-state index contributed by atoms with van der Waals surface area (Å²) in [5.74, 6) is 1.79. The van der Waals surface area contributed by atoms with Gasteiger partial charge in [0.15, 0.2) is 0 Å². The Kier molecular flexibility index (Phi) is 5.65. The lowest BCUT2D eigenvalue weighted by molar-refractivity contribution is 0.239. The number of rotatable bonds is 7. The number of nitriles is 1. The molecule has 7 nitrogen and oxygen atoms in total. The van der Waals surface area contributed by atoms with Gasteiger partial charge in [-0.15, -0.1) is 0 Å². The van der Waals surface area contributed by atoms with Crippen LogP contribution in [0.2, 0.25) is 0 Å². The zero-order valence-electron chi connectivity index (χ0n) is 16.8. The molecule has 0 amide bonds. The number of anilines is 3. The molecule has 0 radical (unpaired) electrons. The van der Waals surface area contributed by atoms with E-state index in [0.717, 1.165) is 35.0 Å². The van der Waals surface area contributed by atoms with Crippen LogP contribution in [0.15, 0.2) is 12.3 Å². The van der Waals surface area contributed by atoms with Crippen LogP contribution < -0.4 is 15.5 Å². The maximum absolute atomic E-state index is 13.4. The first-order chi connectivity index (χ1) is 14.0. The molecule has 9 heteroatoms. The van der Waals surface area contributed by atoms with Crippen molar-refractivity contribution in [2.45, 2.75) is 51.2 Å². The van der Waals surface area contributed by atoms with Gasteiger partial charge < -0.3 is 15.5 Å². The topological polar surface area (TPSA) is 89.8 Å². The Balaban J connectivity index is 1.41. The average molecular weight is 416 g/mol. The molecule has 1 aliphatic carbocycles. The fourth-order valence-corrected chi connectivity index (χ4v) is 4.83. The Morgan fingerprint density at radius 2 is 2.21 bits per heavy atom. The molecule has 2 fully saturated rings. The van der Waals surface area contributed by atoms with Gasteiger partial charge >= 0.3 is 0 Å². The molecule has 2 N–H and O–H groups in total. The maximum Gasteiger partial charge on any atom is 0.229 e. The Morgan fingerprint density at radius 1 is 1.38 bits per heavy atom. The smallest absolute Gasteiger partial charge is 0.229 e. The van der Waals surface area contributed by atoms with E-state index in [2.05, 4.69) is 31.0 Å². The number of nitrogens with zero attached hydrogens (tertiary/aromatic N) is 5. The fourth-order valence-electron chi connectivity index (χ4n) is 4.18. The Hall–Kier alpha value is -2.31. The molecule has 2 aliphatic rings. The molecule has 2 aromatic heterocycles. The zero-order valence-corrected chi connectivity index (χ0v) is 17.6. The average Bonchev–Trinajstić information content (AvgIpc) is 3.26. The van der Waals surface area contributed by atoms with E-state index in [0.29, 0.717) is 44.2 Å². The van der Waals surface area contributed by atoms with Crippen molar-refractivity contribution >= 4 is 28.3 Å². The highest BCUT2D eigenvalue weighted by Gasteiger charge is 2.44. The van der Waals surface area contributed by atoms with Crippen molar-refractivity contribution in [1.82, 2.24) is 19.7 Å². The first-order valence-corrected chi connectivity index (χ1v) is 10.8.